The van der Waals surface area contributed by atoms with Crippen LogP contribution in [0.1, 0.15) is 34.6 Å². The van der Waals surface area contributed by atoms with Crippen molar-refractivity contribution < 1.29 is 4.79 Å². The Morgan fingerprint density at radius 1 is 1.29 bits per heavy atom. The Balaban J connectivity index is 3.07. The van der Waals surface area contributed by atoms with Crippen LogP contribution in [0.3, 0.4) is 0 Å². The Morgan fingerprint density at radius 3 is 1.93 bits per heavy atom. The van der Waals surface area contributed by atoms with Gasteiger partial charge in [-0.3, -0.25) is 4.79 Å². The van der Waals surface area contributed by atoms with Crippen LogP contribution in [0.4, 0.5) is 0 Å². The first kappa shape index (κ1) is 11.0. The lowest BCUT2D eigenvalue weighted by Crippen LogP contribution is -2.35. The molecular weight excluding hydrogens is 176 g/mol. The molecule has 3 heteroatoms. The van der Waals surface area contributed by atoms with E-state index in [-0.39, 0.29) is 16.7 Å². The van der Waals surface area contributed by atoms with Crippen LogP contribution in [-0.4, -0.2) is 12.5 Å². The van der Waals surface area contributed by atoms with Crippen molar-refractivity contribution in [3.05, 3.63) is 0 Å². The summed E-state index contributed by atoms with van der Waals surface area (Å²) in [6.07, 6.45) is 0. The number of hydrogen-bond donors (Lipinski definition) is 1. The van der Waals surface area contributed by atoms with Crippen molar-refractivity contribution in [2.24, 2.45) is 16.2 Å². The molecule has 0 aromatic carbocycles. The first-order chi connectivity index (χ1) is 6.29. The highest BCUT2D eigenvalue weighted by Crippen LogP contribution is 2.77. The van der Waals surface area contributed by atoms with Gasteiger partial charge in [0.15, 0.2) is 0 Å². The molecule has 1 N–H and O–H groups in total. The van der Waals surface area contributed by atoms with Crippen molar-refractivity contribution in [3.8, 4) is 6.07 Å². The van der Waals surface area contributed by atoms with Crippen LogP contribution in [0.25, 0.3) is 0 Å². The Morgan fingerprint density at radius 2 is 1.71 bits per heavy atom. The van der Waals surface area contributed by atoms with Crippen molar-refractivity contribution in [3.63, 3.8) is 0 Å². The first-order valence-electron chi connectivity index (χ1n) is 4.99. The number of carbonyl (C=O) groups excluding carboxylic acids is 1. The SMILES string of the molecule is CCNC(=O)C1(C#N)C(C)(C)C1(C)C. The van der Waals surface area contributed by atoms with Crippen molar-refractivity contribution >= 4 is 5.91 Å². The molecule has 1 aliphatic rings. The summed E-state index contributed by atoms with van der Waals surface area (Å²) in [7, 11) is 0. The highest BCUT2D eigenvalue weighted by molar-refractivity contribution is 5.91. The molecular formula is C11H18N2O. The summed E-state index contributed by atoms with van der Waals surface area (Å²) in [6, 6.07) is 2.21. The quantitative estimate of drug-likeness (QED) is 0.727. The van der Waals surface area contributed by atoms with Gasteiger partial charge in [-0.25, -0.2) is 0 Å². The van der Waals surface area contributed by atoms with E-state index in [4.69, 9.17) is 0 Å². The summed E-state index contributed by atoms with van der Waals surface area (Å²) in [6.45, 7) is 10.4. The van der Waals surface area contributed by atoms with Crippen molar-refractivity contribution in [1.82, 2.24) is 5.32 Å². The van der Waals surface area contributed by atoms with Gasteiger partial charge in [-0.1, -0.05) is 27.7 Å². The largest absolute Gasteiger partial charge is 0.355 e. The van der Waals surface area contributed by atoms with Gasteiger partial charge in [-0.15, -0.1) is 0 Å². The standard InChI is InChI=1S/C11H18N2O/c1-6-13-8(14)11(7-12)9(2,3)10(11,4)5/h6H2,1-5H3,(H,13,14). The molecule has 1 amide bonds. The van der Waals surface area contributed by atoms with E-state index in [0.717, 1.165) is 0 Å². The smallest absolute Gasteiger partial charge is 0.241 e. The minimum absolute atomic E-state index is 0.127. The average molecular weight is 194 g/mol. The van der Waals surface area contributed by atoms with Gasteiger partial charge in [0.2, 0.25) is 5.91 Å². The number of amides is 1. The lowest BCUT2D eigenvalue weighted by atomic mass is 9.95. The van der Waals surface area contributed by atoms with Gasteiger partial charge in [-0.05, 0) is 6.92 Å². The molecule has 0 aromatic heterocycles. The fourth-order valence-corrected chi connectivity index (χ4v) is 2.50. The molecule has 0 saturated heterocycles. The number of carbonyl (C=O) groups is 1. The van der Waals surface area contributed by atoms with Gasteiger partial charge < -0.3 is 5.32 Å². The molecule has 14 heavy (non-hydrogen) atoms. The molecule has 0 atom stereocenters. The van der Waals surface area contributed by atoms with Crippen molar-refractivity contribution in [2.45, 2.75) is 34.6 Å². The molecule has 1 rings (SSSR count). The molecule has 0 radical (unpaired) electrons. The minimum Gasteiger partial charge on any atom is -0.355 e. The van der Waals surface area contributed by atoms with E-state index in [1.807, 2.05) is 34.6 Å². The summed E-state index contributed by atoms with van der Waals surface area (Å²) < 4.78 is 0. The summed E-state index contributed by atoms with van der Waals surface area (Å²) in [4.78, 5) is 11.9. The van der Waals surface area contributed by atoms with Crippen LogP contribution in [0, 0.1) is 27.6 Å². The molecule has 0 spiro atoms. The molecule has 0 aromatic rings. The molecule has 1 aliphatic carbocycles. The molecule has 3 nitrogen and oxygen atoms in total. The number of nitriles is 1. The van der Waals surface area contributed by atoms with Gasteiger partial charge >= 0.3 is 0 Å². The average Bonchev–Trinajstić information content (AvgIpc) is 2.40. The Kier molecular flexibility index (Phi) is 2.15. The summed E-state index contributed by atoms with van der Waals surface area (Å²) in [5.74, 6) is -0.127. The van der Waals surface area contributed by atoms with E-state index in [9.17, 15) is 10.1 Å². The Labute approximate surface area is 85.5 Å². The van der Waals surface area contributed by atoms with Crippen LogP contribution in [0.2, 0.25) is 0 Å². The van der Waals surface area contributed by atoms with E-state index in [2.05, 4.69) is 11.4 Å². The monoisotopic (exact) mass is 194 g/mol. The second-order valence-electron chi connectivity index (χ2n) is 4.97. The number of nitrogens with zero attached hydrogens (tertiary/aromatic N) is 1. The van der Waals surface area contributed by atoms with Gasteiger partial charge in [-0.2, -0.15) is 5.26 Å². The van der Waals surface area contributed by atoms with Gasteiger partial charge in [0.25, 0.3) is 0 Å². The first-order valence-corrected chi connectivity index (χ1v) is 4.99. The van der Waals surface area contributed by atoms with Crippen molar-refractivity contribution in [2.75, 3.05) is 6.54 Å². The van der Waals surface area contributed by atoms with Crippen LogP contribution < -0.4 is 5.32 Å². The Bertz CT molecular complexity index is 296. The summed E-state index contributed by atoms with van der Waals surface area (Å²) >= 11 is 0. The van der Waals surface area contributed by atoms with E-state index in [1.165, 1.54) is 0 Å². The highest BCUT2D eigenvalue weighted by Gasteiger charge is 2.82. The third-order valence-electron chi connectivity index (χ3n) is 4.22. The second kappa shape index (κ2) is 2.73. The number of nitrogens with one attached hydrogen (secondary N) is 1. The zero-order valence-electron chi connectivity index (χ0n) is 9.56. The third-order valence-corrected chi connectivity index (χ3v) is 4.22. The zero-order valence-corrected chi connectivity index (χ0v) is 9.56. The molecule has 0 aliphatic heterocycles. The number of rotatable bonds is 2. The van der Waals surface area contributed by atoms with Gasteiger partial charge in [0, 0.05) is 17.4 Å². The predicted octanol–water partition coefficient (Wildman–Crippen LogP) is 1.70. The fraction of sp³-hybridized carbons (Fsp3) is 0.818. The minimum atomic E-state index is -0.851. The fourth-order valence-electron chi connectivity index (χ4n) is 2.50. The maximum Gasteiger partial charge on any atom is 0.241 e. The second-order valence-corrected chi connectivity index (χ2v) is 4.97. The summed E-state index contributed by atoms with van der Waals surface area (Å²) in [5.41, 5.74) is -1.34. The molecule has 1 fully saturated rings. The van der Waals surface area contributed by atoms with Crippen molar-refractivity contribution in [1.29, 1.82) is 5.26 Å². The molecule has 0 heterocycles. The third kappa shape index (κ3) is 0.841. The topological polar surface area (TPSA) is 52.9 Å². The van der Waals surface area contributed by atoms with E-state index < -0.39 is 5.41 Å². The van der Waals surface area contributed by atoms with Gasteiger partial charge in [0.05, 0.1) is 6.07 Å². The highest BCUT2D eigenvalue weighted by atomic mass is 16.2. The predicted molar refractivity (Wildman–Crippen MR) is 54.3 cm³/mol. The van der Waals surface area contributed by atoms with Gasteiger partial charge in [0.1, 0.15) is 5.41 Å². The maximum absolute atomic E-state index is 11.9. The molecule has 1 saturated carbocycles. The summed E-state index contributed by atoms with van der Waals surface area (Å²) in [5, 5.41) is 12.0. The van der Waals surface area contributed by atoms with Crippen LogP contribution >= 0.6 is 0 Å². The molecule has 78 valence electrons. The lowest BCUT2D eigenvalue weighted by molar-refractivity contribution is -0.125. The van der Waals surface area contributed by atoms with Crippen LogP contribution in [-0.2, 0) is 4.79 Å². The zero-order chi connectivity index (χ0) is 11.2. The van der Waals surface area contributed by atoms with Crippen LogP contribution in [0.15, 0.2) is 0 Å². The molecule has 0 bridgehead atoms. The molecule has 0 unspecified atom stereocenters. The maximum atomic E-state index is 11.9. The lowest BCUT2D eigenvalue weighted by Gasteiger charge is -2.11. The van der Waals surface area contributed by atoms with E-state index in [0.29, 0.717) is 6.54 Å². The number of hydrogen-bond acceptors (Lipinski definition) is 2. The Hall–Kier alpha value is -1.04. The normalized spacial score (nSPS) is 24.9. The van der Waals surface area contributed by atoms with E-state index >= 15 is 0 Å². The van der Waals surface area contributed by atoms with Crippen LogP contribution in [0.5, 0.6) is 0 Å². The van der Waals surface area contributed by atoms with E-state index in [1.54, 1.807) is 0 Å².